The number of aromatic nitrogens is 2. The number of nitro groups is 1. The number of aryl methyl sites for hydroxylation is 1. The van der Waals surface area contributed by atoms with Crippen LogP contribution in [0.3, 0.4) is 0 Å². The van der Waals surface area contributed by atoms with E-state index in [4.69, 9.17) is 0 Å². The van der Waals surface area contributed by atoms with Crippen LogP contribution in [0.15, 0.2) is 24.3 Å². The third kappa shape index (κ3) is 1.97. The fourth-order valence-electron chi connectivity index (χ4n) is 1.54. The van der Waals surface area contributed by atoms with Crippen molar-refractivity contribution in [3.8, 4) is 11.3 Å². The standard InChI is InChI=1S/C11H8FN3O3/c1-14-8(6-16)5-10(13-14)7-2-3-9(12)11(4-7)15(17)18/h2-6H,1H3. The second-order valence-corrected chi connectivity index (χ2v) is 3.62. The van der Waals surface area contributed by atoms with Crippen LogP contribution in [-0.4, -0.2) is 21.0 Å². The lowest BCUT2D eigenvalue weighted by Crippen LogP contribution is -1.96. The van der Waals surface area contributed by atoms with Crippen molar-refractivity contribution in [2.24, 2.45) is 7.05 Å². The zero-order valence-electron chi connectivity index (χ0n) is 9.33. The van der Waals surface area contributed by atoms with Crippen molar-refractivity contribution in [2.75, 3.05) is 0 Å². The number of nitro benzene ring substituents is 1. The molecule has 0 bridgehead atoms. The molecule has 1 aromatic carbocycles. The van der Waals surface area contributed by atoms with Crippen molar-refractivity contribution >= 4 is 12.0 Å². The van der Waals surface area contributed by atoms with E-state index in [1.54, 1.807) is 7.05 Å². The highest BCUT2D eigenvalue weighted by Gasteiger charge is 2.16. The summed E-state index contributed by atoms with van der Waals surface area (Å²) in [6, 6.07) is 4.94. The molecular formula is C11H8FN3O3. The van der Waals surface area contributed by atoms with E-state index in [0.29, 0.717) is 23.2 Å². The minimum absolute atomic E-state index is 0.331. The monoisotopic (exact) mass is 249 g/mol. The normalized spacial score (nSPS) is 10.3. The van der Waals surface area contributed by atoms with E-state index in [2.05, 4.69) is 5.10 Å². The highest BCUT2D eigenvalue weighted by atomic mass is 19.1. The molecule has 0 aliphatic heterocycles. The molecule has 0 spiro atoms. The van der Waals surface area contributed by atoms with Gasteiger partial charge in [-0.15, -0.1) is 0 Å². The maximum Gasteiger partial charge on any atom is 0.305 e. The number of carbonyl (C=O) groups is 1. The minimum atomic E-state index is -0.907. The molecule has 0 aliphatic carbocycles. The van der Waals surface area contributed by atoms with Gasteiger partial charge in [-0.05, 0) is 18.2 Å². The van der Waals surface area contributed by atoms with Gasteiger partial charge in [0.05, 0.1) is 10.6 Å². The van der Waals surface area contributed by atoms with Crippen LogP contribution in [0.1, 0.15) is 10.5 Å². The lowest BCUT2D eigenvalue weighted by molar-refractivity contribution is -0.387. The fourth-order valence-corrected chi connectivity index (χ4v) is 1.54. The number of hydrogen-bond donors (Lipinski definition) is 0. The first kappa shape index (κ1) is 11.9. The van der Waals surface area contributed by atoms with Crippen molar-refractivity contribution in [3.05, 3.63) is 45.9 Å². The summed E-state index contributed by atoms with van der Waals surface area (Å²) in [6.45, 7) is 0. The number of hydrogen-bond acceptors (Lipinski definition) is 4. The Bertz CT molecular complexity index is 636. The average Bonchev–Trinajstić information content (AvgIpc) is 2.70. The highest BCUT2D eigenvalue weighted by molar-refractivity contribution is 5.76. The van der Waals surface area contributed by atoms with Crippen LogP contribution in [0.25, 0.3) is 11.3 Å². The Kier molecular flexibility index (Phi) is 2.88. The number of rotatable bonds is 3. The molecule has 7 heteroatoms. The van der Waals surface area contributed by atoms with Gasteiger partial charge in [0.2, 0.25) is 5.82 Å². The largest absolute Gasteiger partial charge is 0.305 e. The van der Waals surface area contributed by atoms with Crippen LogP contribution in [0.5, 0.6) is 0 Å². The Hall–Kier alpha value is -2.57. The molecule has 2 rings (SSSR count). The van der Waals surface area contributed by atoms with Gasteiger partial charge in [-0.1, -0.05) is 0 Å². The zero-order chi connectivity index (χ0) is 13.3. The summed E-state index contributed by atoms with van der Waals surface area (Å²) in [6.07, 6.45) is 0.619. The first-order valence-electron chi connectivity index (χ1n) is 4.96. The number of benzene rings is 1. The average molecular weight is 249 g/mol. The summed E-state index contributed by atoms with van der Waals surface area (Å²) in [4.78, 5) is 20.5. The molecule has 6 nitrogen and oxygen atoms in total. The van der Waals surface area contributed by atoms with Gasteiger partial charge >= 0.3 is 5.69 Å². The number of nitrogens with zero attached hydrogens (tertiary/aromatic N) is 3. The van der Waals surface area contributed by atoms with E-state index >= 15 is 0 Å². The molecule has 1 aromatic heterocycles. The Labute approximate surface area is 101 Å². The Morgan fingerprint density at radius 1 is 1.44 bits per heavy atom. The molecule has 0 unspecified atom stereocenters. The van der Waals surface area contributed by atoms with E-state index in [1.807, 2.05) is 0 Å². The van der Waals surface area contributed by atoms with E-state index in [9.17, 15) is 19.3 Å². The van der Waals surface area contributed by atoms with Crippen molar-refractivity contribution in [3.63, 3.8) is 0 Å². The van der Waals surface area contributed by atoms with Crippen LogP contribution in [0.4, 0.5) is 10.1 Å². The number of carbonyl (C=O) groups excluding carboxylic acids is 1. The maximum absolute atomic E-state index is 13.2. The van der Waals surface area contributed by atoms with Crippen LogP contribution in [-0.2, 0) is 7.05 Å². The van der Waals surface area contributed by atoms with Gasteiger partial charge in [-0.25, -0.2) is 0 Å². The fraction of sp³-hybridized carbons (Fsp3) is 0.0909. The molecule has 1 heterocycles. The molecule has 0 saturated carbocycles. The van der Waals surface area contributed by atoms with E-state index < -0.39 is 16.4 Å². The summed E-state index contributed by atoms with van der Waals surface area (Å²) in [5.41, 5.74) is 0.470. The van der Waals surface area contributed by atoms with Crippen molar-refractivity contribution in [1.82, 2.24) is 9.78 Å². The molecule has 0 atom stereocenters. The van der Waals surface area contributed by atoms with Gasteiger partial charge in [0.15, 0.2) is 6.29 Å². The molecule has 0 amide bonds. The smallest absolute Gasteiger partial charge is 0.296 e. The molecular weight excluding hydrogens is 241 g/mol. The lowest BCUT2D eigenvalue weighted by Gasteiger charge is -1.98. The van der Waals surface area contributed by atoms with Gasteiger partial charge in [0, 0.05) is 18.7 Å². The maximum atomic E-state index is 13.2. The summed E-state index contributed by atoms with van der Waals surface area (Å²) in [5.74, 6) is -0.907. The van der Waals surface area contributed by atoms with Crippen LogP contribution < -0.4 is 0 Å². The molecule has 0 N–H and O–H groups in total. The highest BCUT2D eigenvalue weighted by Crippen LogP contribution is 2.25. The summed E-state index contributed by atoms with van der Waals surface area (Å²) >= 11 is 0. The van der Waals surface area contributed by atoms with Gasteiger partial charge in [-0.2, -0.15) is 9.49 Å². The molecule has 2 aromatic rings. The van der Waals surface area contributed by atoms with Crippen molar-refractivity contribution in [1.29, 1.82) is 0 Å². The van der Waals surface area contributed by atoms with E-state index in [-0.39, 0.29) is 0 Å². The van der Waals surface area contributed by atoms with Crippen LogP contribution >= 0.6 is 0 Å². The SMILES string of the molecule is Cn1nc(-c2ccc(F)c([N+](=O)[O-])c2)cc1C=O. The number of aldehydes is 1. The summed E-state index contributed by atoms with van der Waals surface area (Å²) in [7, 11) is 1.57. The second-order valence-electron chi connectivity index (χ2n) is 3.62. The molecule has 0 aliphatic rings. The molecule has 92 valence electrons. The van der Waals surface area contributed by atoms with E-state index in [0.717, 1.165) is 12.1 Å². The molecule has 0 saturated heterocycles. The molecule has 0 radical (unpaired) electrons. The minimum Gasteiger partial charge on any atom is -0.296 e. The van der Waals surface area contributed by atoms with Gasteiger partial charge < -0.3 is 0 Å². The second kappa shape index (κ2) is 4.36. The Balaban J connectivity index is 2.53. The van der Waals surface area contributed by atoms with Crippen molar-refractivity contribution in [2.45, 2.75) is 0 Å². The van der Waals surface area contributed by atoms with Gasteiger partial charge in [0.25, 0.3) is 0 Å². The first-order chi connectivity index (χ1) is 8.52. The predicted molar refractivity (Wildman–Crippen MR) is 60.6 cm³/mol. The molecule has 0 fully saturated rings. The van der Waals surface area contributed by atoms with Crippen LogP contribution in [0.2, 0.25) is 0 Å². The quantitative estimate of drug-likeness (QED) is 0.473. The summed E-state index contributed by atoms with van der Waals surface area (Å²) < 4.78 is 14.5. The van der Waals surface area contributed by atoms with Crippen LogP contribution in [0, 0.1) is 15.9 Å². The van der Waals surface area contributed by atoms with Gasteiger partial charge in [0.1, 0.15) is 5.69 Å². The van der Waals surface area contributed by atoms with E-state index in [1.165, 1.54) is 16.8 Å². The Morgan fingerprint density at radius 3 is 2.72 bits per heavy atom. The van der Waals surface area contributed by atoms with Gasteiger partial charge in [-0.3, -0.25) is 19.6 Å². The zero-order valence-corrected chi connectivity index (χ0v) is 9.33. The number of halogens is 1. The predicted octanol–water partition coefficient (Wildman–Crippen LogP) is 1.95. The topological polar surface area (TPSA) is 78.0 Å². The summed E-state index contributed by atoms with van der Waals surface area (Å²) in [5, 5.41) is 14.6. The Morgan fingerprint density at radius 2 is 2.17 bits per heavy atom. The first-order valence-corrected chi connectivity index (χ1v) is 4.96. The third-order valence-electron chi connectivity index (χ3n) is 2.48. The lowest BCUT2D eigenvalue weighted by atomic mass is 10.1. The molecule has 18 heavy (non-hydrogen) atoms. The van der Waals surface area contributed by atoms with Crippen molar-refractivity contribution < 1.29 is 14.1 Å². The third-order valence-corrected chi connectivity index (χ3v) is 2.48.